The molecule has 1 N–H and O–H groups in total. The molecule has 0 saturated heterocycles. The molecule has 1 heterocycles. The molecule has 0 aliphatic carbocycles. The number of anilines is 1. The number of benzene rings is 2. The Morgan fingerprint density at radius 3 is 2.65 bits per heavy atom. The Morgan fingerprint density at radius 1 is 1.15 bits per heavy atom. The maximum Gasteiger partial charge on any atom is 0.0645 e. The van der Waals surface area contributed by atoms with Crippen LogP contribution in [0.25, 0.3) is 0 Å². The van der Waals surface area contributed by atoms with E-state index in [9.17, 15) is 0 Å². The second-order valence-corrected chi connectivity index (χ2v) is 6.06. The lowest BCUT2D eigenvalue weighted by Crippen LogP contribution is -2.34. The van der Waals surface area contributed by atoms with Crippen LogP contribution in [0.1, 0.15) is 17.2 Å². The third kappa shape index (κ3) is 2.78. The van der Waals surface area contributed by atoms with E-state index in [1.54, 1.807) is 0 Å². The van der Waals surface area contributed by atoms with E-state index in [4.69, 9.17) is 23.2 Å². The molecule has 2 nitrogen and oxygen atoms in total. The number of hydrogen-bond donors (Lipinski definition) is 1. The van der Waals surface area contributed by atoms with Crippen molar-refractivity contribution in [1.29, 1.82) is 0 Å². The van der Waals surface area contributed by atoms with Crippen LogP contribution in [-0.4, -0.2) is 18.5 Å². The lowest BCUT2D eigenvalue weighted by molar-refractivity contribution is 0.291. The van der Waals surface area contributed by atoms with Crippen LogP contribution in [0.15, 0.2) is 42.5 Å². The predicted molar refractivity (Wildman–Crippen MR) is 85.6 cm³/mol. The molecule has 0 bridgehead atoms. The highest BCUT2D eigenvalue weighted by atomic mass is 35.5. The van der Waals surface area contributed by atoms with Gasteiger partial charge in [0.25, 0.3) is 0 Å². The SMILES string of the molecule is CN1Cc2c(Cl)cc(Cl)cc2C(Nc2ccccc2)C1. The first-order valence-corrected chi connectivity index (χ1v) is 7.37. The summed E-state index contributed by atoms with van der Waals surface area (Å²) >= 11 is 12.5. The Morgan fingerprint density at radius 2 is 1.90 bits per heavy atom. The number of likely N-dealkylation sites (N-methyl/N-ethyl adjacent to an activating group) is 1. The van der Waals surface area contributed by atoms with Crippen LogP contribution in [0.2, 0.25) is 10.0 Å². The van der Waals surface area contributed by atoms with E-state index in [1.807, 2.05) is 30.3 Å². The van der Waals surface area contributed by atoms with Crippen LogP contribution < -0.4 is 5.32 Å². The minimum atomic E-state index is 0.197. The van der Waals surface area contributed by atoms with Gasteiger partial charge >= 0.3 is 0 Å². The van der Waals surface area contributed by atoms with Gasteiger partial charge in [0.05, 0.1) is 6.04 Å². The number of nitrogens with one attached hydrogen (secondary N) is 1. The van der Waals surface area contributed by atoms with E-state index in [0.717, 1.165) is 23.8 Å². The van der Waals surface area contributed by atoms with Gasteiger partial charge in [0.1, 0.15) is 0 Å². The molecule has 0 amide bonds. The van der Waals surface area contributed by atoms with Crippen LogP contribution in [-0.2, 0) is 6.54 Å². The van der Waals surface area contributed by atoms with Gasteiger partial charge in [0.2, 0.25) is 0 Å². The number of nitrogens with zero attached hydrogens (tertiary/aromatic N) is 1. The molecule has 2 aromatic carbocycles. The number of para-hydroxylation sites is 1. The standard InChI is InChI=1S/C16H16Cl2N2/c1-20-9-14-13(7-11(17)8-15(14)18)16(10-20)19-12-5-3-2-4-6-12/h2-8,16,19H,9-10H2,1H3. The van der Waals surface area contributed by atoms with Crippen LogP contribution >= 0.6 is 23.2 Å². The van der Waals surface area contributed by atoms with Gasteiger partial charge in [0, 0.05) is 28.8 Å². The number of fused-ring (bicyclic) bond motifs is 1. The average Bonchev–Trinajstić information content (AvgIpc) is 2.41. The summed E-state index contributed by atoms with van der Waals surface area (Å²) in [6.07, 6.45) is 0. The molecular weight excluding hydrogens is 291 g/mol. The highest BCUT2D eigenvalue weighted by Gasteiger charge is 2.25. The van der Waals surface area contributed by atoms with E-state index in [-0.39, 0.29) is 6.04 Å². The molecule has 0 fully saturated rings. The zero-order valence-electron chi connectivity index (χ0n) is 11.2. The van der Waals surface area contributed by atoms with Crippen molar-refractivity contribution >= 4 is 28.9 Å². The summed E-state index contributed by atoms with van der Waals surface area (Å²) in [6, 6.07) is 14.3. The molecular formula is C16H16Cl2N2. The molecule has 2 aromatic rings. The van der Waals surface area contributed by atoms with Crippen LogP contribution in [0.4, 0.5) is 5.69 Å². The molecule has 0 spiro atoms. The van der Waals surface area contributed by atoms with Gasteiger partial charge in [-0.2, -0.15) is 0 Å². The number of rotatable bonds is 2. The third-order valence-electron chi connectivity index (χ3n) is 3.61. The van der Waals surface area contributed by atoms with Gasteiger partial charge < -0.3 is 5.32 Å². The highest BCUT2D eigenvalue weighted by molar-refractivity contribution is 6.35. The first-order valence-electron chi connectivity index (χ1n) is 6.61. The van der Waals surface area contributed by atoms with Crippen molar-refractivity contribution in [2.24, 2.45) is 0 Å². The van der Waals surface area contributed by atoms with Crippen molar-refractivity contribution in [3.8, 4) is 0 Å². The van der Waals surface area contributed by atoms with Crippen molar-refractivity contribution in [2.45, 2.75) is 12.6 Å². The van der Waals surface area contributed by atoms with E-state index in [1.165, 1.54) is 11.1 Å². The van der Waals surface area contributed by atoms with Gasteiger partial charge in [-0.15, -0.1) is 0 Å². The first kappa shape index (κ1) is 13.7. The Bertz CT molecular complexity index is 613. The molecule has 1 aliphatic rings. The lowest BCUT2D eigenvalue weighted by atomic mass is 9.95. The second kappa shape index (κ2) is 5.65. The van der Waals surface area contributed by atoms with Gasteiger partial charge in [-0.05, 0) is 42.4 Å². The summed E-state index contributed by atoms with van der Waals surface area (Å²) in [4.78, 5) is 2.27. The van der Waals surface area contributed by atoms with Crippen LogP contribution in [0, 0.1) is 0 Å². The Labute approximate surface area is 129 Å². The third-order valence-corrected chi connectivity index (χ3v) is 4.16. The fourth-order valence-electron chi connectivity index (χ4n) is 2.70. The average molecular weight is 307 g/mol. The predicted octanol–water partition coefficient (Wildman–Crippen LogP) is 4.59. The molecule has 1 aliphatic heterocycles. The summed E-state index contributed by atoms with van der Waals surface area (Å²) in [5, 5.41) is 5.00. The maximum absolute atomic E-state index is 6.34. The molecule has 104 valence electrons. The molecule has 0 saturated carbocycles. The highest BCUT2D eigenvalue weighted by Crippen LogP contribution is 2.35. The molecule has 0 aromatic heterocycles. The summed E-state index contributed by atoms with van der Waals surface area (Å²) < 4.78 is 0. The number of hydrogen-bond acceptors (Lipinski definition) is 2. The molecule has 20 heavy (non-hydrogen) atoms. The normalized spacial score (nSPS) is 18.6. The second-order valence-electron chi connectivity index (χ2n) is 5.22. The van der Waals surface area contributed by atoms with Gasteiger partial charge in [0.15, 0.2) is 0 Å². The number of halogens is 2. The van der Waals surface area contributed by atoms with E-state index >= 15 is 0 Å². The van der Waals surface area contributed by atoms with E-state index < -0.39 is 0 Å². The van der Waals surface area contributed by atoms with Crippen molar-refractivity contribution in [1.82, 2.24) is 4.90 Å². The zero-order chi connectivity index (χ0) is 14.1. The van der Waals surface area contributed by atoms with Crippen molar-refractivity contribution in [3.05, 3.63) is 63.6 Å². The smallest absolute Gasteiger partial charge is 0.0645 e. The topological polar surface area (TPSA) is 15.3 Å². The van der Waals surface area contributed by atoms with Gasteiger partial charge in [-0.1, -0.05) is 41.4 Å². The summed E-state index contributed by atoms with van der Waals surface area (Å²) in [5.41, 5.74) is 3.47. The van der Waals surface area contributed by atoms with Crippen molar-refractivity contribution < 1.29 is 0 Å². The lowest BCUT2D eigenvalue weighted by Gasteiger charge is -2.34. The van der Waals surface area contributed by atoms with E-state index in [0.29, 0.717) is 5.02 Å². The van der Waals surface area contributed by atoms with Crippen molar-refractivity contribution in [3.63, 3.8) is 0 Å². The van der Waals surface area contributed by atoms with E-state index in [2.05, 4.69) is 29.4 Å². The van der Waals surface area contributed by atoms with Crippen LogP contribution in [0.5, 0.6) is 0 Å². The monoisotopic (exact) mass is 306 g/mol. The Balaban J connectivity index is 1.97. The quantitative estimate of drug-likeness (QED) is 0.873. The largest absolute Gasteiger partial charge is 0.377 e. The summed E-state index contributed by atoms with van der Waals surface area (Å²) in [6.45, 7) is 1.79. The Hall–Kier alpha value is -1.22. The Kier molecular flexibility index (Phi) is 3.88. The minimum absolute atomic E-state index is 0.197. The first-order chi connectivity index (χ1) is 9.63. The fraction of sp³-hybridized carbons (Fsp3) is 0.250. The molecule has 3 rings (SSSR count). The molecule has 1 unspecified atom stereocenters. The van der Waals surface area contributed by atoms with Crippen molar-refractivity contribution in [2.75, 3.05) is 18.9 Å². The minimum Gasteiger partial charge on any atom is -0.377 e. The molecule has 0 radical (unpaired) electrons. The molecule has 1 atom stereocenters. The summed E-state index contributed by atoms with van der Waals surface area (Å²) in [7, 11) is 2.10. The van der Waals surface area contributed by atoms with Gasteiger partial charge in [-0.3, -0.25) is 4.90 Å². The fourth-order valence-corrected chi connectivity index (χ4v) is 3.27. The van der Waals surface area contributed by atoms with Gasteiger partial charge in [-0.25, -0.2) is 0 Å². The molecule has 4 heteroatoms. The van der Waals surface area contributed by atoms with Crippen LogP contribution in [0.3, 0.4) is 0 Å². The summed E-state index contributed by atoms with van der Waals surface area (Å²) in [5.74, 6) is 0. The zero-order valence-corrected chi connectivity index (χ0v) is 12.7. The maximum atomic E-state index is 6.34.